The lowest BCUT2D eigenvalue weighted by atomic mass is 9.85. The molecule has 0 fully saturated rings. The van der Waals surface area contributed by atoms with Gasteiger partial charge in [0.05, 0.1) is 45.2 Å². The van der Waals surface area contributed by atoms with Crippen LogP contribution in [-0.2, 0) is 10.8 Å². The van der Waals surface area contributed by atoms with Crippen molar-refractivity contribution >= 4 is 21.8 Å². The summed E-state index contributed by atoms with van der Waals surface area (Å²) in [6.45, 7) is 13.5. The third kappa shape index (κ3) is 4.64. The molecule has 8 bridgehead atoms. The largest absolute Gasteiger partial charge is 0.353 e. The highest BCUT2D eigenvalue weighted by molar-refractivity contribution is 6.15. The fourth-order valence-corrected chi connectivity index (χ4v) is 6.43. The molecule has 8 rings (SSSR count). The van der Waals surface area contributed by atoms with Crippen molar-refractivity contribution in [1.82, 2.24) is 19.9 Å². The topological polar surface area (TPSA) is 54.5 Å². The van der Waals surface area contributed by atoms with E-state index >= 15 is 0 Å². The van der Waals surface area contributed by atoms with Gasteiger partial charge < -0.3 is 4.98 Å². The predicted octanol–water partition coefficient (Wildman–Crippen LogP) is 10.7. The molecule has 5 heterocycles. The van der Waals surface area contributed by atoms with Crippen LogP contribution < -0.4 is 0 Å². The van der Waals surface area contributed by atoms with Crippen molar-refractivity contribution in [3.63, 3.8) is 0 Å². The Morgan fingerprint density at radius 1 is 0.422 bits per heavy atom. The zero-order valence-electron chi connectivity index (χ0n) is 26.7. The van der Waals surface area contributed by atoms with Crippen LogP contribution >= 0.6 is 0 Å². The summed E-state index contributed by atoms with van der Waals surface area (Å²) < 4.78 is 0. The van der Waals surface area contributed by atoms with Gasteiger partial charge in [-0.1, -0.05) is 108 Å². The maximum atomic E-state index is 5.34. The van der Waals surface area contributed by atoms with E-state index in [1.165, 1.54) is 21.9 Å². The van der Waals surface area contributed by atoms with Gasteiger partial charge in [-0.2, -0.15) is 0 Å². The molecule has 0 atom stereocenters. The Hall–Kier alpha value is -5.09. The lowest BCUT2D eigenvalue weighted by Crippen LogP contribution is -2.13. The minimum Gasteiger partial charge on any atom is -0.353 e. The molecule has 0 radical (unpaired) electrons. The zero-order valence-corrected chi connectivity index (χ0v) is 26.7. The molecule has 0 spiro atoms. The van der Waals surface area contributed by atoms with E-state index in [9.17, 15) is 0 Å². The molecule has 4 aromatic heterocycles. The average molecular weight is 585 g/mol. The van der Waals surface area contributed by atoms with Crippen LogP contribution in [0.5, 0.6) is 0 Å². The van der Waals surface area contributed by atoms with E-state index in [1.54, 1.807) is 0 Å². The number of fused-ring (bicyclic) bond motifs is 11. The van der Waals surface area contributed by atoms with E-state index in [0.29, 0.717) is 0 Å². The number of pyridine rings is 3. The first-order valence-corrected chi connectivity index (χ1v) is 15.7. The monoisotopic (exact) mass is 584 g/mol. The number of hydrogen-bond donors (Lipinski definition) is 1. The molecule has 0 unspecified atom stereocenters. The Kier molecular flexibility index (Phi) is 5.92. The van der Waals surface area contributed by atoms with Gasteiger partial charge in [0.25, 0.3) is 0 Å². The number of benzene rings is 3. The van der Waals surface area contributed by atoms with Gasteiger partial charge in [-0.3, -0.25) is 0 Å². The van der Waals surface area contributed by atoms with Gasteiger partial charge in [-0.25, -0.2) is 15.0 Å². The number of H-pyrrole nitrogens is 1. The van der Waals surface area contributed by atoms with Crippen molar-refractivity contribution < 1.29 is 0 Å². The summed E-state index contributed by atoms with van der Waals surface area (Å²) in [5.41, 5.74) is 14.1. The standard InChI is InChI=1S/C41H36N4/c1-40(2,3)26-20-32-30-16-10-14-28-29-15-11-17-31(39(29)45-38(28)30)33-21-27(41(4,5)6)23-37(43-33)35-19-25(24-12-8-7-9-13-24)18-34(44-35)36(22-26)42-32/h7-23,45H,1-6H3. The van der Waals surface area contributed by atoms with E-state index in [1.807, 2.05) is 0 Å². The molecule has 3 aromatic carbocycles. The highest BCUT2D eigenvalue weighted by atomic mass is 14.8. The van der Waals surface area contributed by atoms with Gasteiger partial charge in [0.15, 0.2) is 0 Å². The van der Waals surface area contributed by atoms with Crippen LogP contribution in [0.25, 0.3) is 78.2 Å². The van der Waals surface area contributed by atoms with E-state index in [-0.39, 0.29) is 10.8 Å². The number of nitrogens with one attached hydrogen (secondary N) is 1. The van der Waals surface area contributed by atoms with Crippen LogP contribution in [0.4, 0.5) is 0 Å². The van der Waals surface area contributed by atoms with Gasteiger partial charge in [0, 0.05) is 21.9 Å². The molecule has 4 nitrogen and oxygen atoms in total. The van der Waals surface area contributed by atoms with Crippen molar-refractivity contribution in [2.45, 2.75) is 52.4 Å². The Morgan fingerprint density at radius 2 is 0.844 bits per heavy atom. The normalized spacial score (nSPS) is 12.7. The third-order valence-electron chi connectivity index (χ3n) is 9.06. The van der Waals surface area contributed by atoms with Crippen molar-refractivity contribution in [3.8, 4) is 56.4 Å². The van der Waals surface area contributed by atoms with Crippen LogP contribution in [-0.4, -0.2) is 19.9 Å². The molecule has 1 N–H and O–H groups in total. The van der Waals surface area contributed by atoms with Crippen LogP contribution in [0.2, 0.25) is 0 Å². The quantitative estimate of drug-likeness (QED) is 0.209. The maximum absolute atomic E-state index is 5.34. The zero-order chi connectivity index (χ0) is 31.1. The summed E-state index contributed by atoms with van der Waals surface area (Å²) >= 11 is 0. The van der Waals surface area contributed by atoms with Crippen molar-refractivity contribution in [2.24, 2.45) is 0 Å². The van der Waals surface area contributed by atoms with Crippen LogP contribution in [0.1, 0.15) is 52.7 Å². The second-order valence-corrected chi connectivity index (χ2v) is 14.3. The molecule has 1 aliphatic heterocycles. The number of nitrogens with zero attached hydrogens (tertiary/aromatic N) is 3. The number of para-hydroxylation sites is 2. The van der Waals surface area contributed by atoms with Crippen LogP contribution in [0, 0.1) is 0 Å². The first-order valence-electron chi connectivity index (χ1n) is 15.7. The summed E-state index contributed by atoms with van der Waals surface area (Å²) in [4.78, 5) is 19.9. The van der Waals surface area contributed by atoms with Gasteiger partial charge in [0.1, 0.15) is 0 Å². The molecule has 0 aliphatic carbocycles. The fourth-order valence-electron chi connectivity index (χ4n) is 6.43. The maximum Gasteiger partial charge on any atom is 0.0900 e. The van der Waals surface area contributed by atoms with Crippen molar-refractivity contribution in [2.75, 3.05) is 0 Å². The summed E-state index contributed by atoms with van der Waals surface area (Å²) in [5.74, 6) is 0. The van der Waals surface area contributed by atoms with Gasteiger partial charge in [0.2, 0.25) is 0 Å². The Labute approximate surface area is 264 Å². The number of rotatable bonds is 1. The summed E-state index contributed by atoms with van der Waals surface area (Å²) in [6, 6.07) is 36.8. The molecule has 0 amide bonds. The number of aromatic nitrogens is 4. The van der Waals surface area contributed by atoms with Gasteiger partial charge in [-0.05, 0) is 69.5 Å². The second-order valence-electron chi connectivity index (χ2n) is 14.3. The first kappa shape index (κ1) is 27.5. The smallest absolute Gasteiger partial charge is 0.0900 e. The lowest BCUT2D eigenvalue weighted by Gasteiger charge is -2.22. The van der Waals surface area contributed by atoms with Gasteiger partial charge in [-0.15, -0.1) is 0 Å². The Balaban J connectivity index is 1.56. The molecule has 1 aliphatic rings. The lowest BCUT2D eigenvalue weighted by molar-refractivity contribution is 0.589. The van der Waals surface area contributed by atoms with Crippen LogP contribution in [0.3, 0.4) is 0 Å². The number of aromatic amines is 1. The highest BCUT2D eigenvalue weighted by Gasteiger charge is 2.24. The summed E-state index contributed by atoms with van der Waals surface area (Å²) in [5, 5.41) is 2.36. The van der Waals surface area contributed by atoms with E-state index in [2.05, 4.69) is 150 Å². The molecule has 220 valence electrons. The molecule has 45 heavy (non-hydrogen) atoms. The van der Waals surface area contributed by atoms with E-state index < -0.39 is 0 Å². The van der Waals surface area contributed by atoms with Gasteiger partial charge >= 0.3 is 0 Å². The summed E-state index contributed by atoms with van der Waals surface area (Å²) in [6.07, 6.45) is 0. The molecular weight excluding hydrogens is 548 g/mol. The van der Waals surface area contributed by atoms with E-state index in [4.69, 9.17) is 15.0 Å². The minimum atomic E-state index is -0.0865. The molecule has 0 saturated carbocycles. The van der Waals surface area contributed by atoms with E-state index in [0.717, 1.165) is 67.5 Å². The first-order chi connectivity index (χ1) is 21.5. The second kappa shape index (κ2) is 9.70. The minimum absolute atomic E-state index is 0.0865. The number of hydrogen-bond acceptors (Lipinski definition) is 3. The molecule has 0 saturated heterocycles. The molecule has 4 heteroatoms. The SMILES string of the molecule is CC(C)(C)c1cc2nc(c1)-c1cccc3c1[nH]c1c(cccc13)-c1cc(C(C)(C)C)cc(n1)-c1cc(-c3ccccc3)cc-2n1. The molecule has 7 aromatic rings. The van der Waals surface area contributed by atoms with Crippen LogP contribution in [0.15, 0.2) is 103 Å². The highest BCUT2D eigenvalue weighted by Crippen LogP contribution is 2.41. The third-order valence-corrected chi connectivity index (χ3v) is 9.06. The fraction of sp³-hybridized carbons (Fsp3) is 0.195. The Morgan fingerprint density at radius 3 is 1.31 bits per heavy atom. The summed E-state index contributed by atoms with van der Waals surface area (Å²) in [7, 11) is 0. The molecular formula is C41H36N4. The Bertz CT molecular complexity index is 2140. The van der Waals surface area contributed by atoms with Crippen molar-refractivity contribution in [3.05, 3.63) is 114 Å². The predicted molar refractivity (Wildman–Crippen MR) is 187 cm³/mol. The average Bonchev–Trinajstić information content (AvgIpc) is 3.42. The van der Waals surface area contributed by atoms with Crippen molar-refractivity contribution in [1.29, 1.82) is 0 Å².